The number of aliphatic carboxylic acids is 1. The van der Waals surface area contributed by atoms with Gasteiger partial charge in [-0.1, -0.05) is 13.2 Å². The minimum absolute atomic E-state index is 0.158. The third-order valence-corrected chi connectivity index (χ3v) is 1.15. The third kappa shape index (κ3) is 8.49. The summed E-state index contributed by atoms with van der Waals surface area (Å²) in [4.78, 5) is 30.3. The van der Waals surface area contributed by atoms with Crippen molar-refractivity contribution in [2.24, 2.45) is 0 Å². The highest BCUT2D eigenvalue weighted by Gasteiger charge is 2.14. The summed E-state index contributed by atoms with van der Waals surface area (Å²) >= 11 is 0. The van der Waals surface area contributed by atoms with E-state index < -0.39 is 23.5 Å². The fraction of sp³-hybridized carbons (Fsp3) is 0.300. The van der Waals surface area contributed by atoms with Gasteiger partial charge in [0.2, 0.25) is 0 Å². The molecule has 0 aliphatic carbocycles. The Morgan fingerprint density at radius 2 is 1.88 bits per heavy atom. The van der Waals surface area contributed by atoms with Crippen molar-refractivity contribution in [1.82, 2.24) is 0 Å². The number of carboxylic acid groups (broad SMARTS) is 1. The SMILES string of the molecule is C=C(C(=O)O)C(=O)OCC.C=CC(=O)OC. The second-order valence-corrected chi connectivity index (χ2v) is 2.23. The Hall–Kier alpha value is -2.11. The molecule has 16 heavy (non-hydrogen) atoms. The van der Waals surface area contributed by atoms with Crippen molar-refractivity contribution < 1.29 is 29.0 Å². The smallest absolute Gasteiger partial charge is 0.344 e. The second-order valence-electron chi connectivity index (χ2n) is 2.23. The van der Waals surface area contributed by atoms with Crippen LogP contribution in [0.25, 0.3) is 0 Å². The Morgan fingerprint density at radius 1 is 1.38 bits per heavy atom. The van der Waals surface area contributed by atoms with Crippen molar-refractivity contribution >= 4 is 17.9 Å². The van der Waals surface area contributed by atoms with Gasteiger partial charge in [0.15, 0.2) is 0 Å². The lowest BCUT2D eigenvalue weighted by molar-refractivity contribution is -0.143. The lowest BCUT2D eigenvalue weighted by atomic mass is 10.3. The Morgan fingerprint density at radius 3 is 2.06 bits per heavy atom. The van der Waals surface area contributed by atoms with Gasteiger partial charge in [-0.05, 0) is 6.92 Å². The van der Waals surface area contributed by atoms with Crippen LogP contribution in [0.1, 0.15) is 6.92 Å². The molecule has 0 amide bonds. The standard InChI is InChI=1S/C6H8O4.C4H6O2/c1-3-10-6(9)4(2)5(7)8;1-3-4(5)6-2/h2-3H2,1H3,(H,7,8);3H,1H2,2H3. The van der Waals surface area contributed by atoms with E-state index >= 15 is 0 Å². The second kappa shape index (κ2) is 9.45. The van der Waals surface area contributed by atoms with Gasteiger partial charge in [0.25, 0.3) is 0 Å². The average molecular weight is 230 g/mol. The number of carbonyl (C=O) groups is 3. The Labute approximate surface area is 93.2 Å². The predicted molar refractivity (Wildman–Crippen MR) is 55.6 cm³/mol. The molecule has 90 valence electrons. The van der Waals surface area contributed by atoms with E-state index in [1.807, 2.05) is 0 Å². The maximum atomic E-state index is 10.5. The summed E-state index contributed by atoms with van der Waals surface area (Å²) in [6, 6.07) is 0. The highest BCUT2D eigenvalue weighted by atomic mass is 16.5. The molecule has 0 spiro atoms. The van der Waals surface area contributed by atoms with Crippen LogP contribution in [0, 0.1) is 0 Å². The van der Waals surface area contributed by atoms with Gasteiger partial charge in [0.05, 0.1) is 13.7 Å². The van der Waals surface area contributed by atoms with Crippen LogP contribution < -0.4 is 0 Å². The quantitative estimate of drug-likeness (QED) is 0.328. The van der Waals surface area contributed by atoms with Gasteiger partial charge >= 0.3 is 17.9 Å². The molecule has 1 N–H and O–H groups in total. The van der Waals surface area contributed by atoms with Gasteiger partial charge in [0.1, 0.15) is 5.57 Å². The van der Waals surface area contributed by atoms with E-state index in [2.05, 4.69) is 22.6 Å². The molecule has 0 aromatic rings. The summed E-state index contributed by atoms with van der Waals surface area (Å²) in [5.41, 5.74) is -0.540. The maximum absolute atomic E-state index is 10.5. The number of esters is 2. The first-order valence-electron chi connectivity index (χ1n) is 4.20. The highest BCUT2D eigenvalue weighted by Crippen LogP contribution is 1.93. The molecule has 0 radical (unpaired) electrons. The Kier molecular flexibility index (Phi) is 9.64. The summed E-state index contributed by atoms with van der Waals surface area (Å²) in [6.45, 7) is 7.90. The highest BCUT2D eigenvalue weighted by molar-refractivity contribution is 6.12. The van der Waals surface area contributed by atoms with Crippen molar-refractivity contribution in [3.63, 3.8) is 0 Å². The number of ether oxygens (including phenoxy) is 2. The molecule has 0 unspecified atom stereocenters. The molecule has 6 heteroatoms. The van der Waals surface area contributed by atoms with Crippen LogP contribution in [0.5, 0.6) is 0 Å². The monoisotopic (exact) mass is 230 g/mol. The van der Waals surface area contributed by atoms with Crippen LogP contribution in [0.3, 0.4) is 0 Å². The van der Waals surface area contributed by atoms with Crippen LogP contribution in [0.4, 0.5) is 0 Å². The van der Waals surface area contributed by atoms with Crippen molar-refractivity contribution in [2.45, 2.75) is 6.92 Å². The molecule has 0 aliphatic heterocycles. The van der Waals surface area contributed by atoms with Crippen LogP contribution in [-0.2, 0) is 23.9 Å². The van der Waals surface area contributed by atoms with Crippen molar-refractivity contribution in [3.8, 4) is 0 Å². The van der Waals surface area contributed by atoms with E-state index in [0.717, 1.165) is 6.08 Å². The molecule has 0 aromatic heterocycles. The summed E-state index contributed by atoms with van der Waals surface area (Å²) in [7, 11) is 1.31. The zero-order valence-corrected chi connectivity index (χ0v) is 9.19. The van der Waals surface area contributed by atoms with E-state index in [1.54, 1.807) is 6.92 Å². The zero-order chi connectivity index (χ0) is 13.1. The maximum Gasteiger partial charge on any atom is 0.344 e. The van der Waals surface area contributed by atoms with Gasteiger partial charge in [-0.15, -0.1) is 0 Å². The molecular formula is C10H14O6. The minimum Gasteiger partial charge on any atom is -0.477 e. The van der Waals surface area contributed by atoms with E-state index in [0.29, 0.717) is 0 Å². The zero-order valence-electron chi connectivity index (χ0n) is 9.19. The van der Waals surface area contributed by atoms with Crippen LogP contribution >= 0.6 is 0 Å². The summed E-state index contributed by atoms with van der Waals surface area (Å²) in [5, 5.41) is 8.18. The Balaban J connectivity index is 0. The third-order valence-electron chi connectivity index (χ3n) is 1.15. The lowest BCUT2D eigenvalue weighted by Gasteiger charge is -1.98. The van der Waals surface area contributed by atoms with Gasteiger partial charge in [-0.25, -0.2) is 14.4 Å². The molecule has 0 saturated heterocycles. The molecule has 0 rings (SSSR count). The molecule has 0 aliphatic rings. The first kappa shape index (κ1) is 16.3. The van der Waals surface area contributed by atoms with Crippen LogP contribution in [0.15, 0.2) is 24.8 Å². The number of carboxylic acids is 1. The van der Waals surface area contributed by atoms with Gasteiger partial charge < -0.3 is 14.6 Å². The molecule has 0 fully saturated rings. The molecule has 0 aromatic carbocycles. The fourth-order valence-electron chi connectivity index (χ4n) is 0.389. The molecule has 0 heterocycles. The molecule has 6 nitrogen and oxygen atoms in total. The average Bonchev–Trinajstić information content (AvgIpc) is 2.27. The topological polar surface area (TPSA) is 89.9 Å². The number of carbonyl (C=O) groups excluding carboxylic acids is 2. The van der Waals surface area contributed by atoms with E-state index in [-0.39, 0.29) is 6.61 Å². The largest absolute Gasteiger partial charge is 0.477 e. The predicted octanol–water partition coefficient (Wildman–Crippen LogP) is 0.536. The summed E-state index contributed by atoms with van der Waals surface area (Å²) in [6.07, 6.45) is 1.11. The number of hydrogen-bond donors (Lipinski definition) is 1. The van der Waals surface area contributed by atoms with Crippen LogP contribution in [-0.4, -0.2) is 36.7 Å². The summed E-state index contributed by atoms with van der Waals surface area (Å²) < 4.78 is 8.49. The number of methoxy groups -OCH3 is 1. The fourth-order valence-corrected chi connectivity index (χ4v) is 0.389. The molecule has 0 atom stereocenters. The van der Waals surface area contributed by atoms with Crippen LogP contribution in [0.2, 0.25) is 0 Å². The van der Waals surface area contributed by atoms with E-state index in [9.17, 15) is 14.4 Å². The van der Waals surface area contributed by atoms with E-state index in [4.69, 9.17) is 5.11 Å². The number of hydrogen-bond acceptors (Lipinski definition) is 5. The van der Waals surface area contributed by atoms with Crippen molar-refractivity contribution in [2.75, 3.05) is 13.7 Å². The van der Waals surface area contributed by atoms with Gasteiger partial charge in [-0.2, -0.15) is 0 Å². The Bertz CT molecular complexity index is 292. The van der Waals surface area contributed by atoms with Gasteiger partial charge in [-0.3, -0.25) is 0 Å². The minimum atomic E-state index is -1.35. The number of rotatable bonds is 4. The van der Waals surface area contributed by atoms with Crippen molar-refractivity contribution in [1.29, 1.82) is 0 Å². The molecule has 0 bridgehead atoms. The lowest BCUT2D eigenvalue weighted by Crippen LogP contribution is -2.13. The first-order valence-corrected chi connectivity index (χ1v) is 4.20. The first-order chi connectivity index (χ1) is 7.40. The molecular weight excluding hydrogens is 216 g/mol. The van der Waals surface area contributed by atoms with Gasteiger partial charge in [0, 0.05) is 6.08 Å². The summed E-state index contributed by atoms with van der Waals surface area (Å²) in [5.74, 6) is -2.62. The molecule has 0 saturated carbocycles. The normalized spacial score (nSPS) is 7.88. The van der Waals surface area contributed by atoms with E-state index in [1.165, 1.54) is 7.11 Å². The van der Waals surface area contributed by atoms with Crippen molar-refractivity contribution in [3.05, 3.63) is 24.8 Å².